The van der Waals surface area contributed by atoms with E-state index in [4.69, 9.17) is 4.74 Å². The van der Waals surface area contributed by atoms with Crippen molar-refractivity contribution in [2.75, 3.05) is 26.8 Å². The summed E-state index contributed by atoms with van der Waals surface area (Å²) in [6.07, 6.45) is 5.11. The van der Waals surface area contributed by atoms with Crippen molar-refractivity contribution in [1.29, 1.82) is 0 Å². The van der Waals surface area contributed by atoms with E-state index >= 15 is 0 Å². The highest BCUT2D eigenvalue weighted by molar-refractivity contribution is 9.10. The molecule has 2 aliphatic rings. The Kier molecular flexibility index (Phi) is 3.71. The molecule has 1 N–H and O–H groups in total. The molecule has 1 spiro atoms. The van der Waals surface area contributed by atoms with Crippen LogP contribution in [0.1, 0.15) is 31.2 Å². The number of hydrogen-bond donors (Lipinski definition) is 1. The summed E-state index contributed by atoms with van der Waals surface area (Å²) in [4.78, 5) is 0. The van der Waals surface area contributed by atoms with Gasteiger partial charge in [0.25, 0.3) is 0 Å². The SMILES string of the molecule is CNCC1(c2ccc(Br)cc2)CC2(CCOCC2)C1. The van der Waals surface area contributed by atoms with Gasteiger partial charge < -0.3 is 10.1 Å². The standard InChI is InChI=1S/C16H22BrNO/c1-18-12-16(13-2-4-14(17)5-3-13)10-15(11-16)6-8-19-9-7-15/h2-5,18H,6-12H2,1H3. The van der Waals surface area contributed by atoms with Crippen LogP contribution in [0.5, 0.6) is 0 Å². The predicted octanol–water partition coefficient (Wildman–Crippen LogP) is 3.50. The van der Waals surface area contributed by atoms with Gasteiger partial charge in [-0.3, -0.25) is 0 Å². The minimum atomic E-state index is 0.340. The van der Waals surface area contributed by atoms with Gasteiger partial charge in [0.1, 0.15) is 0 Å². The summed E-state index contributed by atoms with van der Waals surface area (Å²) in [7, 11) is 2.07. The molecule has 3 heteroatoms. The van der Waals surface area contributed by atoms with Crippen LogP contribution >= 0.6 is 15.9 Å². The Balaban J connectivity index is 1.80. The Morgan fingerprint density at radius 3 is 2.37 bits per heavy atom. The molecular weight excluding hydrogens is 302 g/mol. The minimum absolute atomic E-state index is 0.340. The smallest absolute Gasteiger partial charge is 0.0471 e. The van der Waals surface area contributed by atoms with Gasteiger partial charge in [-0.1, -0.05) is 28.1 Å². The van der Waals surface area contributed by atoms with Crippen molar-refractivity contribution in [3.63, 3.8) is 0 Å². The van der Waals surface area contributed by atoms with E-state index in [0.29, 0.717) is 10.8 Å². The molecule has 0 radical (unpaired) electrons. The molecule has 2 fully saturated rings. The quantitative estimate of drug-likeness (QED) is 0.919. The van der Waals surface area contributed by atoms with Crippen LogP contribution in [0.3, 0.4) is 0 Å². The van der Waals surface area contributed by atoms with Crippen molar-refractivity contribution in [2.24, 2.45) is 5.41 Å². The van der Waals surface area contributed by atoms with Crippen LogP contribution in [0, 0.1) is 5.41 Å². The zero-order valence-electron chi connectivity index (χ0n) is 11.5. The van der Waals surface area contributed by atoms with Crippen LogP contribution in [-0.2, 0) is 10.2 Å². The second-order valence-corrected chi connectivity index (χ2v) is 7.20. The van der Waals surface area contributed by atoms with Gasteiger partial charge in [-0.2, -0.15) is 0 Å². The third-order valence-corrected chi connectivity index (χ3v) is 5.48. The predicted molar refractivity (Wildman–Crippen MR) is 81.5 cm³/mol. The summed E-state index contributed by atoms with van der Waals surface area (Å²) in [6, 6.07) is 8.91. The monoisotopic (exact) mass is 323 g/mol. The second-order valence-electron chi connectivity index (χ2n) is 6.28. The molecule has 1 aliphatic heterocycles. The van der Waals surface area contributed by atoms with Crippen molar-refractivity contribution < 1.29 is 4.74 Å². The molecule has 1 heterocycles. The molecule has 1 aromatic carbocycles. The lowest BCUT2D eigenvalue weighted by Gasteiger charge is -2.58. The van der Waals surface area contributed by atoms with Gasteiger partial charge in [0.05, 0.1) is 0 Å². The zero-order valence-corrected chi connectivity index (χ0v) is 13.1. The summed E-state index contributed by atoms with van der Waals surface area (Å²) >= 11 is 3.53. The first-order chi connectivity index (χ1) is 9.18. The van der Waals surface area contributed by atoms with Crippen LogP contribution in [0.15, 0.2) is 28.7 Å². The van der Waals surface area contributed by atoms with Gasteiger partial charge in [0.2, 0.25) is 0 Å². The fourth-order valence-corrected chi connectivity index (χ4v) is 4.38. The molecule has 3 rings (SSSR count). The van der Waals surface area contributed by atoms with Gasteiger partial charge in [-0.05, 0) is 55.8 Å². The molecular formula is C16H22BrNO. The third-order valence-electron chi connectivity index (χ3n) is 4.95. The number of benzene rings is 1. The largest absolute Gasteiger partial charge is 0.381 e. The minimum Gasteiger partial charge on any atom is -0.381 e. The van der Waals surface area contributed by atoms with Crippen molar-refractivity contribution in [3.05, 3.63) is 34.3 Å². The number of likely N-dealkylation sites (N-methyl/N-ethyl adjacent to an activating group) is 1. The van der Waals surface area contributed by atoms with E-state index in [2.05, 4.69) is 52.6 Å². The Morgan fingerprint density at radius 2 is 1.79 bits per heavy atom. The van der Waals surface area contributed by atoms with E-state index in [1.807, 2.05) is 0 Å². The highest BCUT2D eigenvalue weighted by atomic mass is 79.9. The first-order valence-electron chi connectivity index (χ1n) is 7.17. The summed E-state index contributed by atoms with van der Waals surface area (Å²) < 4.78 is 6.69. The van der Waals surface area contributed by atoms with Crippen molar-refractivity contribution in [1.82, 2.24) is 5.32 Å². The normalized spacial score (nSPS) is 24.1. The first kappa shape index (κ1) is 13.6. The van der Waals surface area contributed by atoms with Crippen LogP contribution in [0.4, 0.5) is 0 Å². The summed E-state index contributed by atoms with van der Waals surface area (Å²) in [6.45, 7) is 2.99. The molecule has 1 saturated carbocycles. The second kappa shape index (κ2) is 5.19. The average Bonchev–Trinajstić information content (AvgIpc) is 2.39. The van der Waals surface area contributed by atoms with E-state index < -0.39 is 0 Å². The van der Waals surface area contributed by atoms with E-state index in [1.165, 1.54) is 31.2 Å². The lowest BCUT2D eigenvalue weighted by molar-refractivity contribution is -0.0732. The molecule has 104 valence electrons. The van der Waals surface area contributed by atoms with E-state index in [9.17, 15) is 0 Å². The molecule has 0 atom stereocenters. The van der Waals surface area contributed by atoms with Gasteiger partial charge in [0.15, 0.2) is 0 Å². The van der Waals surface area contributed by atoms with Gasteiger partial charge in [0, 0.05) is 29.6 Å². The Hall–Kier alpha value is -0.380. The fourth-order valence-electron chi connectivity index (χ4n) is 4.11. The van der Waals surface area contributed by atoms with Gasteiger partial charge >= 0.3 is 0 Å². The van der Waals surface area contributed by atoms with Crippen LogP contribution in [0.2, 0.25) is 0 Å². The maximum absolute atomic E-state index is 5.53. The maximum Gasteiger partial charge on any atom is 0.0471 e. The van der Waals surface area contributed by atoms with Crippen molar-refractivity contribution in [3.8, 4) is 0 Å². The van der Waals surface area contributed by atoms with Crippen LogP contribution < -0.4 is 5.32 Å². The molecule has 1 aliphatic carbocycles. The molecule has 0 unspecified atom stereocenters. The molecule has 2 nitrogen and oxygen atoms in total. The Labute approximate surface area is 124 Å². The van der Waals surface area contributed by atoms with Crippen molar-refractivity contribution >= 4 is 15.9 Å². The third kappa shape index (κ3) is 2.48. The lowest BCUT2D eigenvalue weighted by Crippen LogP contribution is -2.56. The zero-order chi connectivity index (χ0) is 13.3. The molecule has 0 bridgehead atoms. The van der Waals surface area contributed by atoms with Gasteiger partial charge in [-0.15, -0.1) is 0 Å². The molecule has 1 aromatic rings. The number of halogens is 1. The summed E-state index contributed by atoms with van der Waals surface area (Å²) in [5, 5.41) is 3.40. The molecule has 1 saturated heterocycles. The van der Waals surface area contributed by atoms with E-state index in [1.54, 1.807) is 0 Å². The summed E-state index contributed by atoms with van der Waals surface area (Å²) in [5.41, 5.74) is 2.39. The first-order valence-corrected chi connectivity index (χ1v) is 7.96. The lowest BCUT2D eigenvalue weighted by atomic mass is 9.48. The maximum atomic E-state index is 5.53. The fraction of sp³-hybridized carbons (Fsp3) is 0.625. The molecule has 0 amide bonds. The number of hydrogen-bond acceptors (Lipinski definition) is 2. The van der Waals surface area contributed by atoms with E-state index in [0.717, 1.165) is 24.2 Å². The topological polar surface area (TPSA) is 21.3 Å². The average molecular weight is 324 g/mol. The number of ether oxygens (including phenoxy) is 1. The number of nitrogens with one attached hydrogen (secondary N) is 1. The van der Waals surface area contributed by atoms with Crippen LogP contribution in [-0.4, -0.2) is 26.8 Å². The summed E-state index contributed by atoms with van der Waals surface area (Å²) in [5.74, 6) is 0. The van der Waals surface area contributed by atoms with E-state index in [-0.39, 0.29) is 0 Å². The van der Waals surface area contributed by atoms with Crippen molar-refractivity contribution in [2.45, 2.75) is 31.1 Å². The van der Waals surface area contributed by atoms with Gasteiger partial charge in [-0.25, -0.2) is 0 Å². The Bertz CT molecular complexity index is 429. The highest BCUT2D eigenvalue weighted by Gasteiger charge is 2.54. The molecule has 19 heavy (non-hydrogen) atoms. The number of rotatable bonds is 3. The highest BCUT2D eigenvalue weighted by Crippen LogP contribution is 2.60. The Morgan fingerprint density at radius 1 is 1.16 bits per heavy atom. The molecule has 0 aromatic heterocycles. The van der Waals surface area contributed by atoms with Crippen LogP contribution in [0.25, 0.3) is 0 Å².